The summed E-state index contributed by atoms with van der Waals surface area (Å²) < 4.78 is 1.38. The van der Waals surface area contributed by atoms with Gasteiger partial charge in [0.05, 0.1) is 0 Å². The summed E-state index contributed by atoms with van der Waals surface area (Å²) in [6.45, 7) is 1.85. The van der Waals surface area contributed by atoms with Crippen LogP contribution in [-0.2, 0) is 7.05 Å². The van der Waals surface area contributed by atoms with Gasteiger partial charge in [-0.3, -0.25) is 19.4 Å². The molecule has 1 atom stereocenters. The van der Waals surface area contributed by atoms with Gasteiger partial charge in [-0.1, -0.05) is 6.07 Å². The van der Waals surface area contributed by atoms with Gasteiger partial charge in [0.15, 0.2) is 5.16 Å². The molecule has 0 aliphatic rings. The normalized spacial score (nSPS) is 12.4. The molecule has 7 nitrogen and oxygen atoms in total. The van der Waals surface area contributed by atoms with E-state index in [9.17, 15) is 9.59 Å². The number of pyridine rings is 1. The van der Waals surface area contributed by atoms with E-state index in [1.54, 1.807) is 19.3 Å². The Morgan fingerprint density at radius 1 is 1.47 bits per heavy atom. The van der Waals surface area contributed by atoms with Crippen molar-refractivity contribution < 1.29 is 0 Å². The van der Waals surface area contributed by atoms with Crippen molar-refractivity contribution in [2.45, 2.75) is 23.1 Å². The van der Waals surface area contributed by atoms with Crippen LogP contribution in [0.2, 0.25) is 0 Å². The highest BCUT2D eigenvalue weighted by molar-refractivity contribution is 7.99. The maximum absolute atomic E-state index is 11.3. The summed E-state index contributed by atoms with van der Waals surface area (Å²) in [6, 6.07) is 3.47. The maximum atomic E-state index is 11.3. The lowest BCUT2D eigenvalue weighted by molar-refractivity contribution is 0.595. The molecule has 0 unspecified atom stereocenters. The fourth-order valence-electron chi connectivity index (χ4n) is 1.47. The fraction of sp³-hybridized carbons (Fsp3) is 0.273. The Labute approximate surface area is 112 Å². The second kappa shape index (κ2) is 5.37. The van der Waals surface area contributed by atoms with Crippen LogP contribution in [0, 0.1) is 0 Å². The van der Waals surface area contributed by atoms with Crippen LogP contribution in [0.3, 0.4) is 0 Å². The smallest absolute Gasteiger partial charge is 0.324 e. The zero-order chi connectivity index (χ0) is 14.0. The van der Waals surface area contributed by atoms with Crippen molar-refractivity contribution in [3.63, 3.8) is 0 Å². The van der Waals surface area contributed by atoms with Gasteiger partial charge in [-0.2, -0.15) is 4.98 Å². The quantitative estimate of drug-likeness (QED) is 0.768. The summed E-state index contributed by atoms with van der Waals surface area (Å²) in [5.74, 6) is 0. The summed E-state index contributed by atoms with van der Waals surface area (Å²) in [4.78, 5) is 30.3. The molecular formula is C11H13N5O2S. The van der Waals surface area contributed by atoms with E-state index < -0.39 is 11.1 Å². The summed E-state index contributed by atoms with van der Waals surface area (Å²) in [5.41, 5.74) is 5.14. The molecule has 0 spiro atoms. The van der Waals surface area contributed by atoms with Crippen molar-refractivity contribution in [2.24, 2.45) is 12.8 Å². The molecule has 2 aromatic rings. The van der Waals surface area contributed by atoms with E-state index in [1.165, 1.54) is 16.4 Å². The Morgan fingerprint density at radius 2 is 2.21 bits per heavy atom. The van der Waals surface area contributed by atoms with E-state index in [-0.39, 0.29) is 6.04 Å². The van der Waals surface area contributed by atoms with Gasteiger partial charge in [-0.15, -0.1) is 0 Å². The average molecular weight is 279 g/mol. The number of rotatable bonds is 3. The van der Waals surface area contributed by atoms with E-state index in [2.05, 4.69) is 15.1 Å². The predicted molar refractivity (Wildman–Crippen MR) is 71.1 cm³/mol. The molecule has 2 aromatic heterocycles. The first-order valence-electron chi connectivity index (χ1n) is 5.54. The number of H-pyrrole nitrogens is 1. The molecule has 19 heavy (non-hydrogen) atoms. The molecule has 0 bridgehead atoms. The molecule has 0 radical (unpaired) electrons. The highest BCUT2D eigenvalue weighted by Gasteiger charge is 2.12. The third kappa shape index (κ3) is 2.91. The molecule has 2 heterocycles. The lowest BCUT2D eigenvalue weighted by atomic mass is 10.2. The van der Waals surface area contributed by atoms with Crippen LogP contribution in [0.25, 0.3) is 0 Å². The van der Waals surface area contributed by atoms with Crippen molar-refractivity contribution in [1.82, 2.24) is 19.7 Å². The van der Waals surface area contributed by atoms with Gasteiger partial charge in [0.25, 0.3) is 0 Å². The number of aryl methyl sites for hydroxylation is 1. The van der Waals surface area contributed by atoms with E-state index in [0.717, 1.165) is 5.56 Å². The molecular weight excluding hydrogens is 266 g/mol. The molecule has 0 aliphatic heterocycles. The van der Waals surface area contributed by atoms with Gasteiger partial charge in [-0.05, 0) is 24.8 Å². The Kier molecular flexibility index (Phi) is 3.82. The largest absolute Gasteiger partial charge is 0.339 e. The van der Waals surface area contributed by atoms with Crippen LogP contribution in [-0.4, -0.2) is 19.7 Å². The van der Waals surface area contributed by atoms with Crippen molar-refractivity contribution in [1.29, 1.82) is 0 Å². The van der Waals surface area contributed by atoms with Crippen molar-refractivity contribution in [3.05, 3.63) is 44.6 Å². The number of nitrogens with zero attached hydrogens (tertiary/aromatic N) is 3. The van der Waals surface area contributed by atoms with Crippen LogP contribution >= 0.6 is 11.8 Å². The fourth-order valence-corrected chi connectivity index (χ4v) is 2.44. The first kappa shape index (κ1) is 13.5. The van der Waals surface area contributed by atoms with Crippen LogP contribution in [0.4, 0.5) is 0 Å². The van der Waals surface area contributed by atoms with Gasteiger partial charge in [0, 0.05) is 24.8 Å². The maximum Gasteiger partial charge on any atom is 0.339 e. The number of nitrogens with one attached hydrogen (secondary N) is 1. The third-order valence-electron chi connectivity index (χ3n) is 2.43. The number of aromatic nitrogens is 4. The highest BCUT2D eigenvalue weighted by atomic mass is 32.2. The Bertz CT molecular complexity index is 707. The standard InChI is InChI=1S/C11H13N5O2S/c1-6(12)7-4-3-5-13-10(7)19-11-14-8(17)9(18)15-16(11)2/h3-6H,12H2,1-2H3,(H,15,18)/t6-/m0/s1. The predicted octanol–water partition coefficient (Wildman–Crippen LogP) is 0.0345. The summed E-state index contributed by atoms with van der Waals surface area (Å²) >= 11 is 1.18. The lowest BCUT2D eigenvalue weighted by Gasteiger charge is -2.11. The van der Waals surface area contributed by atoms with Crippen molar-refractivity contribution in [3.8, 4) is 0 Å². The zero-order valence-corrected chi connectivity index (χ0v) is 11.3. The molecule has 8 heteroatoms. The van der Waals surface area contributed by atoms with E-state index in [4.69, 9.17) is 5.73 Å². The molecule has 0 amide bonds. The Hall–Kier alpha value is -1.93. The molecule has 3 N–H and O–H groups in total. The first-order chi connectivity index (χ1) is 8.99. The summed E-state index contributed by atoms with van der Waals surface area (Å²) in [6.07, 6.45) is 1.64. The Morgan fingerprint density at radius 3 is 2.89 bits per heavy atom. The van der Waals surface area contributed by atoms with E-state index in [1.807, 2.05) is 13.0 Å². The van der Waals surface area contributed by atoms with Gasteiger partial charge in [0.1, 0.15) is 5.03 Å². The number of hydrogen-bond acceptors (Lipinski definition) is 6. The first-order valence-corrected chi connectivity index (χ1v) is 6.36. The minimum Gasteiger partial charge on any atom is -0.324 e. The topological polar surface area (TPSA) is 107 Å². The van der Waals surface area contributed by atoms with Crippen molar-refractivity contribution >= 4 is 11.8 Å². The van der Waals surface area contributed by atoms with Gasteiger partial charge < -0.3 is 5.73 Å². The third-order valence-corrected chi connectivity index (χ3v) is 3.51. The number of hydrogen-bond donors (Lipinski definition) is 2. The summed E-state index contributed by atoms with van der Waals surface area (Å²) in [5, 5.41) is 3.39. The van der Waals surface area contributed by atoms with Gasteiger partial charge in [0.2, 0.25) is 0 Å². The second-order valence-electron chi connectivity index (χ2n) is 3.99. The molecule has 100 valence electrons. The summed E-state index contributed by atoms with van der Waals surface area (Å²) in [7, 11) is 1.60. The number of aromatic amines is 1. The molecule has 0 saturated heterocycles. The zero-order valence-electron chi connectivity index (χ0n) is 10.5. The van der Waals surface area contributed by atoms with Crippen LogP contribution in [0.5, 0.6) is 0 Å². The van der Waals surface area contributed by atoms with Crippen LogP contribution in [0.15, 0.2) is 38.1 Å². The molecule has 0 aromatic carbocycles. The lowest BCUT2D eigenvalue weighted by Crippen LogP contribution is -2.33. The minimum atomic E-state index is -0.820. The van der Waals surface area contributed by atoms with Crippen LogP contribution in [0.1, 0.15) is 18.5 Å². The van der Waals surface area contributed by atoms with Crippen LogP contribution < -0.4 is 16.9 Å². The minimum absolute atomic E-state index is 0.184. The number of nitrogens with two attached hydrogens (primary N) is 1. The molecule has 0 saturated carbocycles. The average Bonchev–Trinajstić information content (AvgIpc) is 2.36. The van der Waals surface area contributed by atoms with Gasteiger partial charge >= 0.3 is 11.1 Å². The van der Waals surface area contributed by atoms with E-state index >= 15 is 0 Å². The molecule has 0 fully saturated rings. The molecule has 0 aliphatic carbocycles. The highest BCUT2D eigenvalue weighted by Crippen LogP contribution is 2.28. The SMILES string of the molecule is C[C@H](N)c1cccnc1Sc1nc(=O)c(=O)[nH]n1C. The molecule has 2 rings (SSSR count). The van der Waals surface area contributed by atoms with E-state index in [0.29, 0.717) is 10.2 Å². The monoisotopic (exact) mass is 279 g/mol. The van der Waals surface area contributed by atoms with Crippen molar-refractivity contribution in [2.75, 3.05) is 0 Å². The van der Waals surface area contributed by atoms with Gasteiger partial charge in [-0.25, -0.2) is 4.98 Å². The second-order valence-corrected chi connectivity index (χ2v) is 4.94. The Balaban J connectivity index is 2.45.